The zero-order valence-corrected chi connectivity index (χ0v) is 18.3. The first-order valence-electron chi connectivity index (χ1n) is 10.6. The van der Waals surface area contributed by atoms with Crippen molar-refractivity contribution in [2.45, 2.75) is 39.3 Å². The molecule has 2 aromatic rings. The van der Waals surface area contributed by atoms with Crippen LogP contribution in [0, 0.1) is 11.8 Å². The summed E-state index contributed by atoms with van der Waals surface area (Å²) >= 11 is 0. The highest BCUT2D eigenvalue weighted by Gasteiger charge is 2.44. The Labute approximate surface area is 182 Å². The molecular weight excluding hydrogens is 392 g/mol. The van der Waals surface area contributed by atoms with E-state index < -0.39 is 17.9 Å². The normalized spacial score (nSPS) is 22.6. The van der Waals surface area contributed by atoms with Crippen LogP contribution in [0.15, 0.2) is 59.8 Å². The van der Waals surface area contributed by atoms with Gasteiger partial charge in [0.05, 0.1) is 30.6 Å². The summed E-state index contributed by atoms with van der Waals surface area (Å²) in [7, 11) is 1.33. The Morgan fingerprint density at radius 1 is 1.06 bits per heavy atom. The van der Waals surface area contributed by atoms with Gasteiger partial charge in [-0.15, -0.1) is 0 Å². The molecule has 1 heterocycles. The number of esters is 1. The molecule has 0 radical (unpaired) electrons. The van der Waals surface area contributed by atoms with E-state index in [-0.39, 0.29) is 17.8 Å². The molecule has 0 aromatic heterocycles. The maximum Gasteiger partial charge on any atom is 0.316 e. The summed E-state index contributed by atoms with van der Waals surface area (Å²) in [5.74, 6) is -0.982. The molecule has 6 heteroatoms. The Hall–Kier alpha value is -3.28. The minimum atomic E-state index is -0.825. The van der Waals surface area contributed by atoms with Crippen molar-refractivity contribution >= 4 is 23.1 Å². The summed E-state index contributed by atoms with van der Waals surface area (Å²) in [6.07, 6.45) is 0.552. The topological polar surface area (TPSA) is 76.7 Å². The Bertz CT molecular complexity index is 1040. The third kappa shape index (κ3) is 3.90. The Balaban J connectivity index is 1.89. The molecule has 3 atom stereocenters. The first-order valence-corrected chi connectivity index (χ1v) is 10.6. The molecule has 0 amide bonds. The molecule has 0 fully saturated rings. The molecule has 0 unspecified atom stereocenters. The first-order chi connectivity index (χ1) is 14.9. The standard InChI is InChI=1S/C25H28N2O4/c1-14(2)31-20-12-8-5-9-16(20)23-22-19(26-17-10-6-7-11-18(17)27-23)13-15(3)21(24(22)28)25(29)30-4/h5-12,14-15,21,23,26-27H,13H2,1-4H3/t15-,21-,23+/m1/s1. The molecule has 0 spiro atoms. The summed E-state index contributed by atoms with van der Waals surface area (Å²) in [5, 5.41) is 7.00. The molecule has 162 valence electrons. The summed E-state index contributed by atoms with van der Waals surface area (Å²) in [4.78, 5) is 26.2. The summed E-state index contributed by atoms with van der Waals surface area (Å²) < 4.78 is 11.0. The van der Waals surface area contributed by atoms with Gasteiger partial charge in [-0.1, -0.05) is 37.3 Å². The van der Waals surface area contributed by atoms with E-state index in [0.717, 1.165) is 22.6 Å². The van der Waals surface area contributed by atoms with Crippen molar-refractivity contribution in [2.75, 3.05) is 17.7 Å². The largest absolute Gasteiger partial charge is 0.491 e. The number of hydrogen-bond acceptors (Lipinski definition) is 6. The number of rotatable bonds is 4. The average molecular weight is 421 g/mol. The molecule has 0 saturated carbocycles. The van der Waals surface area contributed by atoms with Crippen molar-refractivity contribution in [3.63, 3.8) is 0 Å². The third-order valence-corrected chi connectivity index (χ3v) is 5.82. The summed E-state index contributed by atoms with van der Waals surface area (Å²) in [6.45, 7) is 5.86. The van der Waals surface area contributed by atoms with Crippen LogP contribution >= 0.6 is 0 Å². The number of allylic oxidation sites excluding steroid dienone is 1. The molecule has 2 aliphatic rings. The minimum Gasteiger partial charge on any atom is -0.491 e. The van der Waals surface area contributed by atoms with Gasteiger partial charge in [0.25, 0.3) is 0 Å². The SMILES string of the molecule is COC(=O)[C@H]1C(=O)C2=C(C[C@H]1C)Nc1ccccc1N[C@H]2c1ccccc1OC(C)C. The fourth-order valence-corrected chi connectivity index (χ4v) is 4.45. The number of carbonyl (C=O) groups is 2. The highest BCUT2D eigenvalue weighted by molar-refractivity contribution is 6.11. The molecular formula is C25H28N2O4. The van der Waals surface area contributed by atoms with E-state index in [9.17, 15) is 9.59 Å². The van der Waals surface area contributed by atoms with Gasteiger partial charge in [0, 0.05) is 16.8 Å². The van der Waals surface area contributed by atoms with Crippen molar-refractivity contribution in [3.05, 3.63) is 65.4 Å². The quantitative estimate of drug-likeness (QED) is 0.551. The second-order valence-corrected chi connectivity index (χ2v) is 8.39. The van der Waals surface area contributed by atoms with E-state index in [4.69, 9.17) is 9.47 Å². The number of nitrogens with one attached hydrogen (secondary N) is 2. The number of anilines is 2. The number of ether oxygens (including phenoxy) is 2. The molecule has 31 heavy (non-hydrogen) atoms. The van der Waals surface area contributed by atoms with Crippen LogP contribution in [-0.2, 0) is 14.3 Å². The van der Waals surface area contributed by atoms with Gasteiger partial charge in [0.2, 0.25) is 0 Å². The van der Waals surface area contributed by atoms with Gasteiger partial charge in [-0.3, -0.25) is 9.59 Å². The number of ketones is 1. The number of benzene rings is 2. The Morgan fingerprint density at radius 3 is 2.45 bits per heavy atom. The highest BCUT2D eigenvalue weighted by Crippen LogP contribution is 2.45. The van der Waals surface area contributed by atoms with E-state index in [0.29, 0.717) is 17.7 Å². The van der Waals surface area contributed by atoms with Crippen LogP contribution in [0.5, 0.6) is 5.75 Å². The van der Waals surface area contributed by atoms with E-state index in [1.54, 1.807) is 0 Å². The highest BCUT2D eigenvalue weighted by atomic mass is 16.5. The minimum absolute atomic E-state index is 0.0179. The van der Waals surface area contributed by atoms with Crippen LogP contribution in [0.4, 0.5) is 11.4 Å². The van der Waals surface area contributed by atoms with Crippen molar-refractivity contribution < 1.29 is 19.1 Å². The van der Waals surface area contributed by atoms with E-state index in [1.807, 2.05) is 69.3 Å². The van der Waals surface area contributed by atoms with Gasteiger partial charge >= 0.3 is 5.97 Å². The molecule has 1 aliphatic carbocycles. The van der Waals surface area contributed by atoms with Crippen LogP contribution in [0.25, 0.3) is 0 Å². The fraction of sp³-hybridized carbons (Fsp3) is 0.360. The second kappa shape index (κ2) is 8.46. The molecule has 2 N–H and O–H groups in total. The zero-order valence-electron chi connectivity index (χ0n) is 18.3. The van der Waals surface area contributed by atoms with Crippen LogP contribution in [0.1, 0.15) is 38.8 Å². The van der Waals surface area contributed by atoms with Crippen LogP contribution in [-0.4, -0.2) is 25.0 Å². The number of carbonyl (C=O) groups excluding carboxylic acids is 2. The lowest BCUT2D eigenvalue weighted by molar-refractivity contribution is -0.151. The van der Waals surface area contributed by atoms with Crippen molar-refractivity contribution in [3.8, 4) is 5.75 Å². The monoisotopic (exact) mass is 420 g/mol. The van der Waals surface area contributed by atoms with Gasteiger partial charge in [0.1, 0.15) is 11.7 Å². The maximum atomic E-state index is 13.7. The van der Waals surface area contributed by atoms with Gasteiger partial charge in [0.15, 0.2) is 5.78 Å². The van der Waals surface area contributed by atoms with Crippen molar-refractivity contribution in [2.24, 2.45) is 11.8 Å². The number of methoxy groups -OCH3 is 1. The molecule has 2 aromatic carbocycles. The molecule has 1 aliphatic heterocycles. The fourth-order valence-electron chi connectivity index (χ4n) is 4.45. The summed E-state index contributed by atoms with van der Waals surface area (Å²) in [6, 6.07) is 15.1. The molecule has 0 saturated heterocycles. The van der Waals surface area contributed by atoms with Crippen molar-refractivity contribution in [1.82, 2.24) is 0 Å². The smallest absolute Gasteiger partial charge is 0.316 e. The second-order valence-electron chi connectivity index (χ2n) is 8.39. The van der Waals surface area contributed by atoms with Crippen LogP contribution < -0.4 is 15.4 Å². The van der Waals surface area contributed by atoms with Crippen LogP contribution in [0.3, 0.4) is 0 Å². The maximum absolute atomic E-state index is 13.7. The van der Waals surface area contributed by atoms with Gasteiger partial charge in [-0.25, -0.2) is 0 Å². The number of Topliss-reactive ketones (excluding diaryl/α,β-unsaturated/α-hetero) is 1. The number of hydrogen-bond donors (Lipinski definition) is 2. The summed E-state index contributed by atoms with van der Waals surface area (Å²) in [5.41, 5.74) is 4.03. The average Bonchev–Trinajstić information content (AvgIpc) is 2.90. The van der Waals surface area contributed by atoms with E-state index >= 15 is 0 Å². The lowest BCUT2D eigenvalue weighted by Gasteiger charge is -2.33. The third-order valence-electron chi connectivity index (χ3n) is 5.82. The number of para-hydroxylation sites is 3. The zero-order chi connectivity index (χ0) is 22.1. The lowest BCUT2D eigenvalue weighted by Crippen LogP contribution is -2.39. The van der Waals surface area contributed by atoms with Gasteiger partial charge in [-0.2, -0.15) is 0 Å². The van der Waals surface area contributed by atoms with E-state index in [2.05, 4.69) is 10.6 Å². The Kier molecular flexibility index (Phi) is 5.72. The molecule has 0 bridgehead atoms. The molecule has 6 nitrogen and oxygen atoms in total. The lowest BCUT2D eigenvalue weighted by atomic mass is 9.74. The molecule has 4 rings (SSSR count). The first kappa shape index (κ1) is 21.0. The van der Waals surface area contributed by atoms with Crippen molar-refractivity contribution in [1.29, 1.82) is 0 Å². The Morgan fingerprint density at radius 2 is 1.74 bits per heavy atom. The predicted octanol–water partition coefficient (Wildman–Crippen LogP) is 4.70. The van der Waals surface area contributed by atoms with Crippen LogP contribution in [0.2, 0.25) is 0 Å². The predicted molar refractivity (Wildman–Crippen MR) is 120 cm³/mol. The number of fused-ring (bicyclic) bond motifs is 1. The van der Waals surface area contributed by atoms with E-state index in [1.165, 1.54) is 7.11 Å². The van der Waals surface area contributed by atoms with Gasteiger partial charge < -0.3 is 20.1 Å². The van der Waals surface area contributed by atoms with Gasteiger partial charge in [-0.05, 0) is 44.4 Å².